The van der Waals surface area contributed by atoms with Crippen LogP contribution < -0.4 is 4.90 Å². The van der Waals surface area contributed by atoms with Gasteiger partial charge in [0.05, 0.1) is 12.3 Å². The monoisotopic (exact) mass is 617 g/mol. The smallest absolute Gasteiger partial charge is 0.376 e. The molecule has 40 heavy (non-hydrogen) atoms. The summed E-state index contributed by atoms with van der Waals surface area (Å²) < 4.78 is 95.1. The number of hydrogen-bond acceptors (Lipinski definition) is 7. The molecule has 2 aromatic carbocycles. The van der Waals surface area contributed by atoms with Gasteiger partial charge in [-0.25, -0.2) is 16.8 Å². The van der Waals surface area contributed by atoms with E-state index in [-0.39, 0.29) is 42.5 Å². The molecule has 14 heteroatoms. The van der Waals surface area contributed by atoms with Crippen molar-refractivity contribution in [1.82, 2.24) is 8.61 Å². The van der Waals surface area contributed by atoms with Crippen molar-refractivity contribution in [1.29, 1.82) is 0 Å². The van der Waals surface area contributed by atoms with Gasteiger partial charge in [0.15, 0.2) is 5.60 Å². The number of rotatable bonds is 9. The van der Waals surface area contributed by atoms with Gasteiger partial charge in [0.2, 0.25) is 10.0 Å². The predicted molar refractivity (Wildman–Crippen MR) is 148 cm³/mol. The minimum Gasteiger partial charge on any atom is -0.376 e. The van der Waals surface area contributed by atoms with E-state index >= 15 is 0 Å². The van der Waals surface area contributed by atoms with E-state index in [1.54, 1.807) is 40.6 Å². The molecule has 8 nitrogen and oxygen atoms in total. The average Bonchev–Trinajstić information content (AvgIpc) is 3.44. The normalized spacial score (nSPS) is 19.1. The summed E-state index contributed by atoms with van der Waals surface area (Å²) in [4.78, 5) is 1.80. The molecule has 1 aromatic heterocycles. The molecule has 2 atom stereocenters. The Hall–Kier alpha value is -2.49. The molecular weight excluding hydrogens is 587 g/mol. The number of thiophene rings is 1. The highest BCUT2D eigenvalue weighted by Gasteiger charge is 2.51. The Morgan fingerprint density at radius 3 is 2.17 bits per heavy atom. The maximum absolute atomic E-state index is 13.4. The van der Waals surface area contributed by atoms with Crippen LogP contribution in [0, 0.1) is 0 Å². The summed E-state index contributed by atoms with van der Waals surface area (Å²) in [6.07, 6.45) is -3.80. The number of halogens is 3. The summed E-state index contributed by atoms with van der Waals surface area (Å²) in [6.45, 7) is 0.903. The zero-order chi connectivity index (χ0) is 29.3. The van der Waals surface area contributed by atoms with E-state index < -0.39 is 37.9 Å². The Bertz CT molecular complexity index is 1500. The zero-order valence-corrected chi connectivity index (χ0v) is 24.3. The van der Waals surface area contributed by atoms with Gasteiger partial charge in [-0.3, -0.25) is 0 Å². The third-order valence-electron chi connectivity index (χ3n) is 6.93. The van der Waals surface area contributed by atoms with Crippen molar-refractivity contribution >= 4 is 37.1 Å². The number of aliphatic hydroxyl groups is 1. The van der Waals surface area contributed by atoms with Crippen LogP contribution in [0.5, 0.6) is 0 Å². The zero-order valence-electron chi connectivity index (χ0n) is 21.8. The first-order chi connectivity index (χ1) is 18.6. The third kappa shape index (κ3) is 6.52. The Morgan fingerprint density at radius 1 is 0.975 bits per heavy atom. The lowest BCUT2D eigenvalue weighted by Crippen LogP contribution is -2.58. The van der Waals surface area contributed by atoms with Crippen molar-refractivity contribution in [2.24, 2.45) is 0 Å². The van der Waals surface area contributed by atoms with Gasteiger partial charge in [0.1, 0.15) is 4.21 Å². The first-order valence-corrected chi connectivity index (χ1v) is 16.5. The minimum atomic E-state index is -4.88. The van der Waals surface area contributed by atoms with Crippen molar-refractivity contribution in [2.45, 2.75) is 35.5 Å². The van der Waals surface area contributed by atoms with Gasteiger partial charge in [-0.2, -0.15) is 21.8 Å². The lowest BCUT2D eigenvalue weighted by molar-refractivity contribution is -0.258. The maximum Gasteiger partial charge on any atom is 0.421 e. The Morgan fingerprint density at radius 2 is 1.62 bits per heavy atom. The lowest BCUT2D eigenvalue weighted by atomic mass is 9.95. The second-order valence-corrected chi connectivity index (χ2v) is 14.9. The van der Waals surface area contributed by atoms with Crippen LogP contribution in [0.25, 0.3) is 0 Å². The van der Waals surface area contributed by atoms with Crippen LogP contribution in [-0.4, -0.2) is 75.2 Å². The van der Waals surface area contributed by atoms with Crippen LogP contribution in [0.2, 0.25) is 0 Å². The Balaban J connectivity index is 1.68. The molecule has 1 fully saturated rings. The summed E-state index contributed by atoms with van der Waals surface area (Å²) >= 11 is 1.08. The molecule has 0 amide bonds. The summed E-state index contributed by atoms with van der Waals surface area (Å²) in [5.74, 6) is 0. The minimum absolute atomic E-state index is 0.0386. The molecule has 0 saturated carbocycles. The van der Waals surface area contributed by atoms with Gasteiger partial charge >= 0.3 is 6.18 Å². The number of piperazine rings is 1. The quantitative estimate of drug-likeness (QED) is 0.392. The molecule has 0 aliphatic carbocycles. The SMILES string of the molecule is C[C@](O)(c1ccc(N2CCN(S(=O)(=O)c3cccs3)C[C@@H]2CN(Cc2ccccc2)S(C)(=O)=O)cc1)C(F)(F)F. The van der Waals surface area contributed by atoms with Crippen molar-refractivity contribution in [3.8, 4) is 0 Å². The summed E-state index contributed by atoms with van der Waals surface area (Å²) in [5, 5.41) is 11.7. The van der Waals surface area contributed by atoms with Gasteiger partial charge in [-0.1, -0.05) is 48.5 Å². The van der Waals surface area contributed by atoms with Crippen molar-refractivity contribution < 1.29 is 35.1 Å². The molecule has 4 rings (SSSR count). The fourth-order valence-electron chi connectivity index (χ4n) is 4.56. The molecule has 0 bridgehead atoms. The third-order valence-corrected chi connectivity index (χ3v) is 11.4. The van der Waals surface area contributed by atoms with Crippen molar-refractivity contribution in [2.75, 3.05) is 37.3 Å². The highest BCUT2D eigenvalue weighted by atomic mass is 32.2. The highest BCUT2D eigenvalue weighted by molar-refractivity contribution is 7.91. The van der Waals surface area contributed by atoms with E-state index in [1.807, 2.05) is 6.07 Å². The predicted octanol–water partition coefficient (Wildman–Crippen LogP) is 3.86. The van der Waals surface area contributed by atoms with E-state index in [9.17, 15) is 35.1 Å². The van der Waals surface area contributed by atoms with E-state index in [4.69, 9.17) is 0 Å². The lowest BCUT2D eigenvalue weighted by Gasteiger charge is -2.43. The molecule has 218 valence electrons. The summed E-state index contributed by atoms with van der Waals surface area (Å²) in [6, 6.07) is 16.6. The van der Waals surface area contributed by atoms with Gasteiger partial charge in [0.25, 0.3) is 10.0 Å². The molecule has 0 radical (unpaired) electrons. The number of nitrogens with zero attached hydrogens (tertiary/aromatic N) is 3. The Labute approximate surface area is 236 Å². The first-order valence-electron chi connectivity index (χ1n) is 12.3. The summed E-state index contributed by atoms with van der Waals surface area (Å²) in [7, 11) is -7.55. The molecule has 1 saturated heterocycles. The molecule has 0 spiro atoms. The van der Waals surface area contributed by atoms with Gasteiger partial charge in [0, 0.05) is 38.4 Å². The van der Waals surface area contributed by atoms with Crippen LogP contribution in [0.1, 0.15) is 18.1 Å². The number of anilines is 1. The Kier molecular flexibility index (Phi) is 8.69. The summed E-state index contributed by atoms with van der Waals surface area (Å²) in [5.41, 5.74) is -2.17. The van der Waals surface area contributed by atoms with Crippen molar-refractivity contribution in [3.05, 3.63) is 83.2 Å². The average molecular weight is 618 g/mol. The van der Waals surface area contributed by atoms with E-state index in [2.05, 4.69) is 0 Å². The largest absolute Gasteiger partial charge is 0.421 e. The second kappa shape index (κ2) is 11.4. The highest BCUT2D eigenvalue weighted by Crippen LogP contribution is 2.39. The molecule has 2 heterocycles. The maximum atomic E-state index is 13.4. The molecule has 3 aromatic rings. The van der Waals surface area contributed by atoms with E-state index in [0.29, 0.717) is 12.6 Å². The van der Waals surface area contributed by atoms with Crippen LogP contribution in [0.4, 0.5) is 18.9 Å². The first kappa shape index (κ1) is 30.5. The molecule has 0 unspecified atom stereocenters. The van der Waals surface area contributed by atoms with Gasteiger partial charge in [-0.15, -0.1) is 11.3 Å². The number of sulfonamides is 2. The van der Waals surface area contributed by atoms with Crippen LogP contribution >= 0.6 is 11.3 Å². The van der Waals surface area contributed by atoms with E-state index in [1.165, 1.54) is 38.9 Å². The number of hydrogen-bond donors (Lipinski definition) is 1. The number of alkyl halides is 3. The van der Waals surface area contributed by atoms with Gasteiger partial charge < -0.3 is 10.0 Å². The van der Waals surface area contributed by atoms with Crippen LogP contribution in [-0.2, 0) is 32.2 Å². The fraction of sp³-hybridized carbons (Fsp3) is 0.385. The van der Waals surface area contributed by atoms with Gasteiger partial charge in [-0.05, 0) is 41.6 Å². The fourth-order valence-corrected chi connectivity index (χ4v) is 8.00. The van der Waals surface area contributed by atoms with Crippen LogP contribution in [0.15, 0.2) is 76.3 Å². The molecule has 1 aliphatic rings. The van der Waals surface area contributed by atoms with Crippen LogP contribution in [0.3, 0.4) is 0 Å². The standard InChI is InChI=1S/C26H30F3N3O5S3/c1-25(33,26(27,28)29)21-10-12-22(13-11-21)32-15-14-30(40(36,37)24-9-6-16-38-24)18-23(32)19-31(39(2,34)35)17-20-7-4-3-5-8-20/h3-13,16,23,33H,14-15,17-19H2,1-2H3/t23-,25+/m1/s1. The number of benzene rings is 2. The van der Waals surface area contributed by atoms with Crippen molar-refractivity contribution in [3.63, 3.8) is 0 Å². The second-order valence-electron chi connectivity index (χ2n) is 9.80. The topological polar surface area (TPSA) is 98.2 Å². The van der Waals surface area contributed by atoms with E-state index in [0.717, 1.165) is 23.2 Å². The molecular formula is C26H30F3N3O5S3. The molecule has 1 N–H and O–H groups in total. The molecule has 1 aliphatic heterocycles.